The van der Waals surface area contributed by atoms with Gasteiger partial charge in [-0.15, -0.1) is 0 Å². The normalized spacial score (nSPS) is 32.5. The molecule has 2 aliphatic heterocycles. The zero-order valence-electron chi connectivity index (χ0n) is 12.1. The van der Waals surface area contributed by atoms with Crippen molar-refractivity contribution in [3.63, 3.8) is 0 Å². The van der Waals surface area contributed by atoms with Gasteiger partial charge in [0.15, 0.2) is 0 Å². The van der Waals surface area contributed by atoms with E-state index in [4.69, 9.17) is 14.2 Å². The van der Waals surface area contributed by atoms with Crippen LogP contribution in [0.2, 0.25) is 0 Å². The molecule has 2 heterocycles. The molecule has 0 aliphatic carbocycles. The summed E-state index contributed by atoms with van der Waals surface area (Å²) < 4.78 is 17.2. The van der Waals surface area contributed by atoms with Crippen molar-refractivity contribution in [1.29, 1.82) is 0 Å². The van der Waals surface area contributed by atoms with Crippen LogP contribution in [0.25, 0.3) is 0 Å². The van der Waals surface area contributed by atoms with Crippen molar-refractivity contribution in [2.75, 3.05) is 13.7 Å². The molecular formula is C16H22O4. The molecule has 0 radical (unpaired) electrons. The summed E-state index contributed by atoms with van der Waals surface area (Å²) in [5.74, 6) is 1.53. The predicted octanol–water partition coefficient (Wildman–Crippen LogP) is 2.84. The number of rotatable bonds is 2. The summed E-state index contributed by atoms with van der Waals surface area (Å²) in [4.78, 5) is 0. The maximum absolute atomic E-state index is 10.5. The molecule has 1 saturated heterocycles. The van der Waals surface area contributed by atoms with Crippen LogP contribution >= 0.6 is 0 Å². The number of aliphatic hydroxyl groups is 1. The first kappa shape index (κ1) is 13.7. The third-order valence-electron chi connectivity index (χ3n) is 4.43. The molecule has 3 rings (SSSR count). The van der Waals surface area contributed by atoms with Gasteiger partial charge < -0.3 is 19.3 Å². The van der Waals surface area contributed by atoms with E-state index in [0.29, 0.717) is 13.0 Å². The first-order valence-electron chi connectivity index (χ1n) is 7.32. The molecule has 0 saturated carbocycles. The molecule has 4 nitrogen and oxygen atoms in total. The van der Waals surface area contributed by atoms with E-state index in [9.17, 15) is 5.11 Å². The van der Waals surface area contributed by atoms with Gasteiger partial charge in [-0.3, -0.25) is 0 Å². The fraction of sp³-hybridized carbons (Fsp3) is 0.625. The van der Waals surface area contributed by atoms with Crippen LogP contribution in [0.5, 0.6) is 11.5 Å². The van der Waals surface area contributed by atoms with Crippen molar-refractivity contribution in [2.24, 2.45) is 0 Å². The van der Waals surface area contributed by atoms with Gasteiger partial charge >= 0.3 is 0 Å². The maximum Gasteiger partial charge on any atom is 0.126 e. The van der Waals surface area contributed by atoms with Crippen LogP contribution in [0.15, 0.2) is 18.2 Å². The van der Waals surface area contributed by atoms with Crippen LogP contribution < -0.4 is 9.47 Å². The van der Waals surface area contributed by atoms with Crippen LogP contribution in [0, 0.1) is 0 Å². The number of aliphatic hydroxyl groups excluding tert-OH is 1. The van der Waals surface area contributed by atoms with Gasteiger partial charge in [-0.25, -0.2) is 0 Å². The van der Waals surface area contributed by atoms with Crippen LogP contribution in [0.1, 0.15) is 44.3 Å². The van der Waals surface area contributed by atoms with Gasteiger partial charge in [0.1, 0.15) is 17.1 Å². The zero-order valence-corrected chi connectivity index (χ0v) is 12.1. The Balaban J connectivity index is 1.88. The summed E-state index contributed by atoms with van der Waals surface area (Å²) in [6, 6.07) is 5.64. The Morgan fingerprint density at radius 3 is 3.00 bits per heavy atom. The summed E-state index contributed by atoms with van der Waals surface area (Å²) >= 11 is 0. The highest BCUT2D eigenvalue weighted by atomic mass is 16.5. The molecular weight excluding hydrogens is 256 g/mol. The lowest BCUT2D eigenvalue weighted by Crippen LogP contribution is -2.48. The molecule has 1 aromatic rings. The van der Waals surface area contributed by atoms with E-state index >= 15 is 0 Å². The summed E-state index contributed by atoms with van der Waals surface area (Å²) in [5, 5.41) is 10.5. The second kappa shape index (κ2) is 5.26. The van der Waals surface area contributed by atoms with Gasteiger partial charge in [-0.2, -0.15) is 0 Å². The number of methoxy groups -OCH3 is 1. The van der Waals surface area contributed by atoms with Crippen molar-refractivity contribution >= 4 is 0 Å². The molecule has 1 aromatic carbocycles. The molecule has 1 fully saturated rings. The molecule has 1 spiro atoms. The van der Waals surface area contributed by atoms with Gasteiger partial charge in [-0.1, -0.05) is 6.92 Å². The van der Waals surface area contributed by atoms with E-state index in [-0.39, 0.29) is 11.7 Å². The molecule has 2 aliphatic rings. The number of ether oxygens (including phenoxy) is 3. The molecule has 110 valence electrons. The molecule has 20 heavy (non-hydrogen) atoms. The van der Waals surface area contributed by atoms with Crippen LogP contribution in [-0.2, 0) is 4.74 Å². The van der Waals surface area contributed by atoms with Crippen molar-refractivity contribution in [3.8, 4) is 11.5 Å². The fourth-order valence-corrected chi connectivity index (χ4v) is 3.27. The zero-order chi connectivity index (χ0) is 14.2. The van der Waals surface area contributed by atoms with Gasteiger partial charge in [0, 0.05) is 24.8 Å². The molecule has 3 atom stereocenters. The highest BCUT2D eigenvalue weighted by molar-refractivity contribution is 5.43. The fourth-order valence-electron chi connectivity index (χ4n) is 3.27. The number of benzene rings is 1. The average molecular weight is 278 g/mol. The minimum atomic E-state index is -0.496. The molecule has 2 unspecified atom stereocenters. The van der Waals surface area contributed by atoms with E-state index in [1.165, 1.54) is 0 Å². The minimum Gasteiger partial charge on any atom is -0.497 e. The van der Waals surface area contributed by atoms with Crippen LogP contribution in [0.3, 0.4) is 0 Å². The van der Waals surface area contributed by atoms with E-state index in [1.54, 1.807) is 7.11 Å². The number of hydrogen-bond acceptors (Lipinski definition) is 4. The van der Waals surface area contributed by atoms with E-state index in [0.717, 1.165) is 36.3 Å². The third kappa shape index (κ3) is 2.38. The Bertz CT molecular complexity index is 487. The molecule has 0 amide bonds. The SMILES string of the molecule is CCC1CC2(CCO1)C[C@@H](O)c1cc(OC)ccc1O2. The summed E-state index contributed by atoms with van der Waals surface area (Å²) in [6.45, 7) is 2.83. The van der Waals surface area contributed by atoms with E-state index in [1.807, 2.05) is 18.2 Å². The molecule has 4 heteroatoms. The summed E-state index contributed by atoms with van der Waals surface area (Å²) in [5.41, 5.74) is 0.550. The van der Waals surface area contributed by atoms with Crippen molar-refractivity contribution < 1.29 is 19.3 Å². The Hall–Kier alpha value is -1.26. The monoisotopic (exact) mass is 278 g/mol. The summed E-state index contributed by atoms with van der Waals surface area (Å²) in [6.07, 6.45) is 3.04. The molecule has 0 bridgehead atoms. The number of hydrogen-bond donors (Lipinski definition) is 1. The highest BCUT2D eigenvalue weighted by Gasteiger charge is 2.44. The van der Waals surface area contributed by atoms with E-state index < -0.39 is 6.10 Å². The Morgan fingerprint density at radius 1 is 1.40 bits per heavy atom. The third-order valence-corrected chi connectivity index (χ3v) is 4.43. The Morgan fingerprint density at radius 2 is 2.25 bits per heavy atom. The van der Waals surface area contributed by atoms with Gasteiger partial charge in [0.25, 0.3) is 0 Å². The van der Waals surface area contributed by atoms with Crippen molar-refractivity contribution in [1.82, 2.24) is 0 Å². The predicted molar refractivity (Wildman–Crippen MR) is 75.2 cm³/mol. The highest BCUT2D eigenvalue weighted by Crippen LogP contribution is 2.46. The number of fused-ring (bicyclic) bond motifs is 1. The molecule has 0 aromatic heterocycles. The first-order chi connectivity index (χ1) is 9.65. The Labute approximate surface area is 119 Å². The Kier molecular flexibility index (Phi) is 3.61. The van der Waals surface area contributed by atoms with Gasteiger partial charge in [0.2, 0.25) is 0 Å². The van der Waals surface area contributed by atoms with Crippen molar-refractivity contribution in [2.45, 2.75) is 50.4 Å². The second-order valence-electron chi connectivity index (χ2n) is 5.76. The summed E-state index contributed by atoms with van der Waals surface area (Å²) in [7, 11) is 1.63. The maximum atomic E-state index is 10.5. The quantitative estimate of drug-likeness (QED) is 0.903. The standard InChI is InChI=1S/C16H22O4/c1-3-11-9-16(6-7-19-11)10-14(17)13-8-12(18-2)4-5-15(13)20-16/h4-5,8,11,14,17H,3,6-7,9-10H2,1-2H3/t11?,14-,16?/m1/s1. The lowest BCUT2D eigenvalue weighted by molar-refractivity contribution is -0.116. The van der Waals surface area contributed by atoms with Crippen LogP contribution in [0.4, 0.5) is 0 Å². The topological polar surface area (TPSA) is 47.9 Å². The minimum absolute atomic E-state index is 0.232. The molecule has 1 N–H and O–H groups in total. The smallest absolute Gasteiger partial charge is 0.126 e. The first-order valence-corrected chi connectivity index (χ1v) is 7.32. The lowest BCUT2D eigenvalue weighted by atomic mass is 9.80. The largest absolute Gasteiger partial charge is 0.497 e. The lowest BCUT2D eigenvalue weighted by Gasteiger charge is -2.45. The second-order valence-corrected chi connectivity index (χ2v) is 5.76. The van der Waals surface area contributed by atoms with Crippen molar-refractivity contribution in [3.05, 3.63) is 23.8 Å². The van der Waals surface area contributed by atoms with E-state index in [2.05, 4.69) is 6.92 Å². The van der Waals surface area contributed by atoms with Gasteiger partial charge in [0.05, 0.1) is 25.9 Å². The van der Waals surface area contributed by atoms with Crippen LogP contribution in [-0.4, -0.2) is 30.5 Å². The average Bonchev–Trinajstić information content (AvgIpc) is 2.47. The van der Waals surface area contributed by atoms with Gasteiger partial charge in [-0.05, 0) is 24.6 Å².